The topological polar surface area (TPSA) is 140 Å². The number of rotatable bonds is 11. The SMILES string of the molecule is Cc1ncc(-c2nc(-c3cc(S(=O)(=O)NCCCOCCCO)ccc3C)cnc2N)s1. The molecule has 32 heavy (non-hydrogen) atoms. The molecule has 0 bridgehead atoms. The zero-order valence-electron chi connectivity index (χ0n) is 18.0. The van der Waals surface area contributed by atoms with Gasteiger partial charge in [0.1, 0.15) is 5.69 Å². The third-order valence-corrected chi connectivity index (χ3v) is 7.03. The number of hydrogen-bond donors (Lipinski definition) is 3. The first-order chi connectivity index (χ1) is 15.3. The molecular weight excluding hydrogens is 450 g/mol. The van der Waals surface area contributed by atoms with Gasteiger partial charge in [0.15, 0.2) is 5.82 Å². The number of nitrogen functional groups attached to an aromatic ring is 1. The standard InChI is InChI=1S/C21H27N5O4S2/c1-14-5-6-16(32(28,29)25-7-3-9-30-10-4-8-27)11-17(14)18-12-24-21(22)20(26-18)19-13-23-15(2)31-19/h5-6,11-13,25,27H,3-4,7-10H2,1-2H3,(H2,22,24). The van der Waals surface area contributed by atoms with Crippen LogP contribution in [0.5, 0.6) is 0 Å². The van der Waals surface area contributed by atoms with Crippen LogP contribution in [0.4, 0.5) is 5.82 Å². The zero-order chi connectivity index (χ0) is 23.1. The number of benzene rings is 1. The zero-order valence-corrected chi connectivity index (χ0v) is 19.7. The average Bonchev–Trinajstić information content (AvgIpc) is 3.20. The highest BCUT2D eigenvalue weighted by atomic mass is 32.2. The van der Waals surface area contributed by atoms with Crippen LogP contribution >= 0.6 is 11.3 Å². The summed E-state index contributed by atoms with van der Waals surface area (Å²) in [5.41, 5.74) is 8.62. The molecule has 172 valence electrons. The van der Waals surface area contributed by atoms with Gasteiger partial charge in [-0.1, -0.05) is 6.07 Å². The molecule has 2 aromatic heterocycles. The fourth-order valence-corrected chi connectivity index (χ4v) is 4.83. The molecule has 0 aliphatic carbocycles. The number of sulfonamides is 1. The van der Waals surface area contributed by atoms with Gasteiger partial charge >= 0.3 is 0 Å². The van der Waals surface area contributed by atoms with Crippen LogP contribution in [0.15, 0.2) is 35.5 Å². The number of ether oxygens (including phenoxy) is 1. The predicted molar refractivity (Wildman–Crippen MR) is 125 cm³/mol. The van der Waals surface area contributed by atoms with Crippen molar-refractivity contribution in [3.63, 3.8) is 0 Å². The van der Waals surface area contributed by atoms with E-state index in [1.165, 1.54) is 11.3 Å². The number of aliphatic hydroxyl groups excluding tert-OH is 1. The summed E-state index contributed by atoms with van der Waals surface area (Å²) >= 11 is 1.47. The lowest BCUT2D eigenvalue weighted by Crippen LogP contribution is -2.25. The lowest BCUT2D eigenvalue weighted by atomic mass is 10.1. The Morgan fingerprint density at radius 2 is 1.94 bits per heavy atom. The molecule has 0 unspecified atom stereocenters. The first-order valence-electron chi connectivity index (χ1n) is 10.2. The van der Waals surface area contributed by atoms with Gasteiger partial charge in [-0.05, 0) is 44.4 Å². The molecule has 0 radical (unpaired) electrons. The van der Waals surface area contributed by atoms with Crippen molar-refractivity contribution in [2.45, 2.75) is 31.6 Å². The highest BCUT2D eigenvalue weighted by Crippen LogP contribution is 2.31. The van der Waals surface area contributed by atoms with E-state index in [0.29, 0.717) is 48.8 Å². The Bertz CT molecular complexity index is 1160. The van der Waals surface area contributed by atoms with E-state index in [4.69, 9.17) is 15.6 Å². The number of thiazole rings is 1. The predicted octanol–water partition coefficient (Wildman–Crippen LogP) is 2.53. The highest BCUT2D eigenvalue weighted by molar-refractivity contribution is 7.89. The summed E-state index contributed by atoms with van der Waals surface area (Å²) < 4.78 is 33.4. The van der Waals surface area contributed by atoms with E-state index in [9.17, 15) is 8.42 Å². The van der Waals surface area contributed by atoms with Gasteiger partial charge in [0.25, 0.3) is 0 Å². The molecule has 2 heterocycles. The van der Waals surface area contributed by atoms with Crippen LogP contribution in [0.1, 0.15) is 23.4 Å². The molecule has 1 aromatic carbocycles. The van der Waals surface area contributed by atoms with E-state index in [1.54, 1.807) is 30.6 Å². The molecule has 0 atom stereocenters. The summed E-state index contributed by atoms with van der Waals surface area (Å²) in [7, 11) is -3.70. The number of aliphatic hydroxyl groups is 1. The molecule has 0 aliphatic heterocycles. The van der Waals surface area contributed by atoms with Crippen LogP contribution in [-0.2, 0) is 14.8 Å². The molecule has 0 saturated carbocycles. The number of nitrogens with two attached hydrogens (primary N) is 1. The largest absolute Gasteiger partial charge is 0.396 e. The van der Waals surface area contributed by atoms with E-state index in [0.717, 1.165) is 15.4 Å². The number of nitrogens with one attached hydrogen (secondary N) is 1. The molecule has 0 spiro atoms. The van der Waals surface area contributed by atoms with Gasteiger partial charge in [0.2, 0.25) is 10.0 Å². The number of aryl methyl sites for hydroxylation is 2. The van der Waals surface area contributed by atoms with Crippen molar-refractivity contribution < 1.29 is 18.3 Å². The molecule has 0 saturated heterocycles. The van der Waals surface area contributed by atoms with Crippen LogP contribution in [0, 0.1) is 13.8 Å². The van der Waals surface area contributed by atoms with E-state index < -0.39 is 10.0 Å². The van der Waals surface area contributed by atoms with Crippen molar-refractivity contribution in [3.05, 3.63) is 41.2 Å². The molecule has 11 heteroatoms. The summed E-state index contributed by atoms with van der Waals surface area (Å²) in [5.74, 6) is 0.293. The van der Waals surface area contributed by atoms with Gasteiger partial charge in [0, 0.05) is 38.1 Å². The summed E-state index contributed by atoms with van der Waals surface area (Å²) in [4.78, 5) is 14.1. The molecule has 3 aromatic rings. The Balaban J connectivity index is 1.79. The van der Waals surface area contributed by atoms with Crippen molar-refractivity contribution in [2.24, 2.45) is 0 Å². The van der Waals surface area contributed by atoms with Crippen LogP contribution in [0.3, 0.4) is 0 Å². The summed E-state index contributed by atoms with van der Waals surface area (Å²) in [5, 5.41) is 9.61. The third-order valence-electron chi connectivity index (χ3n) is 4.66. The molecule has 9 nitrogen and oxygen atoms in total. The summed E-state index contributed by atoms with van der Waals surface area (Å²) in [6.45, 7) is 4.98. The van der Waals surface area contributed by atoms with E-state index in [-0.39, 0.29) is 18.0 Å². The van der Waals surface area contributed by atoms with Gasteiger partial charge in [-0.25, -0.2) is 28.1 Å². The number of hydrogen-bond acceptors (Lipinski definition) is 9. The maximum absolute atomic E-state index is 12.8. The first-order valence-corrected chi connectivity index (χ1v) is 12.5. The van der Waals surface area contributed by atoms with E-state index in [2.05, 4.69) is 19.7 Å². The molecule has 0 aliphatic rings. The Labute approximate surface area is 191 Å². The van der Waals surface area contributed by atoms with Crippen LogP contribution in [0.25, 0.3) is 21.8 Å². The van der Waals surface area contributed by atoms with Crippen molar-refractivity contribution in [2.75, 3.05) is 32.1 Å². The number of aromatic nitrogens is 3. The second kappa shape index (κ2) is 10.9. The van der Waals surface area contributed by atoms with Gasteiger partial charge < -0.3 is 15.6 Å². The highest BCUT2D eigenvalue weighted by Gasteiger charge is 2.18. The van der Waals surface area contributed by atoms with Crippen LogP contribution < -0.4 is 10.5 Å². The van der Waals surface area contributed by atoms with Crippen LogP contribution in [0.2, 0.25) is 0 Å². The minimum absolute atomic E-state index is 0.0755. The Morgan fingerprint density at radius 1 is 1.16 bits per heavy atom. The normalized spacial score (nSPS) is 11.7. The van der Waals surface area contributed by atoms with Gasteiger partial charge in [0.05, 0.1) is 26.7 Å². The smallest absolute Gasteiger partial charge is 0.240 e. The monoisotopic (exact) mass is 477 g/mol. The van der Waals surface area contributed by atoms with Crippen molar-refractivity contribution in [1.82, 2.24) is 19.7 Å². The number of anilines is 1. The maximum Gasteiger partial charge on any atom is 0.240 e. The average molecular weight is 478 g/mol. The second-order valence-corrected chi connectivity index (χ2v) is 10.2. The molecule has 4 N–H and O–H groups in total. The third kappa shape index (κ3) is 6.08. The molecule has 3 rings (SSSR count). The first kappa shape index (κ1) is 24.2. The Kier molecular flexibility index (Phi) is 8.26. The molecule has 0 amide bonds. The minimum Gasteiger partial charge on any atom is -0.396 e. The van der Waals surface area contributed by atoms with E-state index in [1.807, 2.05) is 13.8 Å². The lowest BCUT2D eigenvalue weighted by molar-refractivity contribution is 0.115. The molecule has 0 fully saturated rings. The maximum atomic E-state index is 12.8. The quantitative estimate of drug-likeness (QED) is 0.358. The summed E-state index contributed by atoms with van der Waals surface area (Å²) in [6.07, 6.45) is 4.35. The van der Waals surface area contributed by atoms with Crippen LogP contribution in [-0.4, -0.2) is 54.8 Å². The van der Waals surface area contributed by atoms with Gasteiger partial charge in [-0.3, -0.25) is 0 Å². The van der Waals surface area contributed by atoms with Gasteiger partial charge in [-0.15, -0.1) is 11.3 Å². The van der Waals surface area contributed by atoms with Crippen molar-refractivity contribution in [1.29, 1.82) is 0 Å². The fraction of sp³-hybridized carbons (Fsp3) is 0.381. The van der Waals surface area contributed by atoms with Gasteiger partial charge in [-0.2, -0.15) is 0 Å². The number of nitrogens with zero attached hydrogens (tertiary/aromatic N) is 3. The lowest BCUT2D eigenvalue weighted by Gasteiger charge is -2.12. The molecular formula is C21H27N5O4S2. The van der Waals surface area contributed by atoms with Crippen molar-refractivity contribution >= 4 is 27.2 Å². The Morgan fingerprint density at radius 3 is 2.66 bits per heavy atom. The summed E-state index contributed by atoms with van der Waals surface area (Å²) in [6, 6.07) is 4.91. The fourth-order valence-electron chi connectivity index (χ4n) is 2.96. The van der Waals surface area contributed by atoms with Crippen molar-refractivity contribution in [3.8, 4) is 21.8 Å². The Hall–Kier alpha value is -2.44. The second-order valence-electron chi connectivity index (χ2n) is 7.15. The minimum atomic E-state index is -3.70. The van der Waals surface area contributed by atoms with E-state index >= 15 is 0 Å².